The lowest BCUT2D eigenvalue weighted by molar-refractivity contribution is 0.0935. The molecule has 1 aromatic carbocycles. The SMILES string of the molecule is NCCCCCCCCNC(=O)c1ccccc1C(N)=O. The molecule has 21 heavy (non-hydrogen) atoms. The minimum absolute atomic E-state index is 0.243. The standard InChI is InChI=1S/C16H25N3O2/c17-11-7-3-1-2-4-8-12-19-16(21)14-10-6-5-9-13(14)15(18)20/h5-6,9-10H,1-4,7-8,11-12,17H2,(H2,18,20)(H,19,21). The Bertz CT molecular complexity index is 461. The number of primary amides is 1. The highest BCUT2D eigenvalue weighted by Crippen LogP contribution is 2.08. The van der Waals surface area contributed by atoms with Crippen LogP contribution in [0, 0.1) is 0 Å². The van der Waals surface area contributed by atoms with Crippen molar-refractivity contribution >= 4 is 11.8 Å². The zero-order chi connectivity index (χ0) is 15.5. The first-order valence-electron chi connectivity index (χ1n) is 7.54. The Labute approximate surface area is 126 Å². The van der Waals surface area contributed by atoms with Crippen molar-refractivity contribution < 1.29 is 9.59 Å². The Hall–Kier alpha value is -1.88. The summed E-state index contributed by atoms with van der Waals surface area (Å²) in [6.45, 7) is 1.37. The lowest BCUT2D eigenvalue weighted by atomic mass is 10.1. The molecule has 5 nitrogen and oxygen atoms in total. The summed E-state index contributed by atoms with van der Waals surface area (Å²) in [5.74, 6) is -0.826. The molecular formula is C16H25N3O2. The summed E-state index contributed by atoms with van der Waals surface area (Å²) >= 11 is 0. The minimum atomic E-state index is -0.583. The second kappa shape index (κ2) is 9.94. The molecule has 1 rings (SSSR count). The number of rotatable bonds is 10. The van der Waals surface area contributed by atoms with Gasteiger partial charge in [0, 0.05) is 6.54 Å². The molecule has 0 saturated carbocycles. The lowest BCUT2D eigenvalue weighted by Gasteiger charge is -2.08. The highest BCUT2D eigenvalue weighted by atomic mass is 16.2. The van der Waals surface area contributed by atoms with Crippen LogP contribution in [0.25, 0.3) is 0 Å². The van der Waals surface area contributed by atoms with E-state index in [1.54, 1.807) is 24.3 Å². The predicted octanol–water partition coefficient (Wildman–Crippen LogP) is 1.81. The van der Waals surface area contributed by atoms with Crippen LogP contribution in [0.3, 0.4) is 0 Å². The van der Waals surface area contributed by atoms with Crippen LogP contribution in [0.4, 0.5) is 0 Å². The third-order valence-electron chi connectivity index (χ3n) is 3.35. The van der Waals surface area contributed by atoms with Gasteiger partial charge in [-0.2, -0.15) is 0 Å². The van der Waals surface area contributed by atoms with Crippen LogP contribution in [0.15, 0.2) is 24.3 Å². The molecule has 0 aromatic heterocycles. The largest absolute Gasteiger partial charge is 0.366 e. The monoisotopic (exact) mass is 291 g/mol. The summed E-state index contributed by atoms with van der Waals surface area (Å²) in [5.41, 5.74) is 11.3. The van der Waals surface area contributed by atoms with Crippen LogP contribution in [-0.2, 0) is 0 Å². The molecule has 1 aromatic rings. The molecule has 5 heteroatoms. The van der Waals surface area contributed by atoms with E-state index in [-0.39, 0.29) is 11.5 Å². The third kappa shape index (κ3) is 6.40. The minimum Gasteiger partial charge on any atom is -0.366 e. The third-order valence-corrected chi connectivity index (χ3v) is 3.35. The van der Waals surface area contributed by atoms with Crippen LogP contribution in [-0.4, -0.2) is 24.9 Å². The van der Waals surface area contributed by atoms with Gasteiger partial charge >= 0.3 is 0 Å². The molecule has 2 amide bonds. The van der Waals surface area contributed by atoms with E-state index in [0.29, 0.717) is 12.1 Å². The number of amides is 2. The molecular weight excluding hydrogens is 266 g/mol. The summed E-state index contributed by atoms with van der Waals surface area (Å²) in [4.78, 5) is 23.3. The zero-order valence-corrected chi connectivity index (χ0v) is 12.4. The highest BCUT2D eigenvalue weighted by Gasteiger charge is 2.13. The normalized spacial score (nSPS) is 10.3. The van der Waals surface area contributed by atoms with Gasteiger partial charge in [-0.25, -0.2) is 0 Å². The summed E-state index contributed by atoms with van der Waals surface area (Å²) in [6.07, 6.45) is 6.63. The number of carbonyl (C=O) groups excluding carboxylic acids is 2. The van der Waals surface area contributed by atoms with Crippen molar-refractivity contribution in [2.75, 3.05) is 13.1 Å². The van der Waals surface area contributed by atoms with Crippen molar-refractivity contribution in [2.24, 2.45) is 11.5 Å². The van der Waals surface area contributed by atoms with Gasteiger partial charge in [-0.1, -0.05) is 37.8 Å². The van der Waals surface area contributed by atoms with Gasteiger partial charge in [-0.05, 0) is 31.5 Å². The van der Waals surface area contributed by atoms with Crippen molar-refractivity contribution in [1.29, 1.82) is 0 Å². The van der Waals surface area contributed by atoms with E-state index in [1.165, 1.54) is 12.8 Å². The maximum absolute atomic E-state index is 12.0. The van der Waals surface area contributed by atoms with Gasteiger partial charge in [-0.15, -0.1) is 0 Å². The molecule has 0 atom stereocenters. The second-order valence-corrected chi connectivity index (χ2v) is 5.08. The first kappa shape index (κ1) is 17.2. The summed E-state index contributed by atoms with van der Waals surface area (Å²) in [5, 5.41) is 2.83. The molecule has 0 saturated heterocycles. The fourth-order valence-electron chi connectivity index (χ4n) is 2.17. The Morgan fingerprint density at radius 1 is 0.905 bits per heavy atom. The fraction of sp³-hybridized carbons (Fsp3) is 0.500. The smallest absolute Gasteiger partial charge is 0.252 e. The number of hydrogen-bond donors (Lipinski definition) is 3. The summed E-state index contributed by atoms with van der Waals surface area (Å²) in [6, 6.07) is 6.59. The summed E-state index contributed by atoms with van der Waals surface area (Å²) < 4.78 is 0. The maximum Gasteiger partial charge on any atom is 0.252 e. The van der Waals surface area contributed by atoms with Crippen molar-refractivity contribution in [2.45, 2.75) is 38.5 Å². The molecule has 0 aliphatic rings. The number of carbonyl (C=O) groups is 2. The molecule has 5 N–H and O–H groups in total. The van der Waals surface area contributed by atoms with Gasteiger partial charge in [-0.3, -0.25) is 9.59 Å². The van der Waals surface area contributed by atoms with Crippen LogP contribution in [0.2, 0.25) is 0 Å². The van der Waals surface area contributed by atoms with Gasteiger partial charge in [0.25, 0.3) is 5.91 Å². The van der Waals surface area contributed by atoms with Crippen molar-refractivity contribution in [3.8, 4) is 0 Å². The highest BCUT2D eigenvalue weighted by molar-refractivity contribution is 6.06. The van der Waals surface area contributed by atoms with Crippen molar-refractivity contribution in [3.63, 3.8) is 0 Å². The van der Waals surface area contributed by atoms with Gasteiger partial charge in [0.15, 0.2) is 0 Å². The molecule has 0 fully saturated rings. The molecule has 0 aliphatic carbocycles. The molecule has 0 spiro atoms. The molecule has 0 radical (unpaired) electrons. The quantitative estimate of drug-likeness (QED) is 0.573. The molecule has 116 valence electrons. The van der Waals surface area contributed by atoms with Crippen LogP contribution >= 0.6 is 0 Å². The van der Waals surface area contributed by atoms with Gasteiger partial charge in [0.2, 0.25) is 5.91 Å². The number of benzene rings is 1. The van der Waals surface area contributed by atoms with Crippen LogP contribution in [0.5, 0.6) is 0 Å². The van der Waals surface area contributed by atoms with E-state index < -0.39 is 5.91 Å². The van der Waals surface area contributed by atoms with Gasteiger partial charge in [0.05, 0.1) is 11.1 Å². The van der Waals surface area contributed by atoms with E-state index in [9.17, 15) is 9.59 Å². The molecule has 0 bridgehead atoms. The fourth-order valence-corrected chi connectivity index (χ4v) is 2.17. The Kier molecular flexibility index (Phi) is 8.12. The van der Waals surface area contributed by atoms with Gasteiger partial charge in [0.1, 0.15) is 0 Å². The van der Waals surface area contributed by atoms with E-state index in [2.05, 4.69) is 5.32 Å². The van der Waals surface area contributed by atoms with Crippen molar-refractivity contribution in [3.05, 3.63) is 35.4 Å². The average Bonchev–Trinajstić information content (AvgIpc) is 2.49. The first-order chi connectivity index (χ1) is 10.2. The number of nitrogens with two attached hydrogens (primary N) is 2. The van der Waals surface area contributed by atoms with E-state index >= 15 is 0 Å². The van der Waals surface area contributed by atoms with E-state index in [1.807, 2.05) is 0 Å². The molecule has 0 aliphatic heterocycles. The number of nitrogens with one attached hydrogen (secondary N) is 1. The predicted molar refractivity (Wildman–Crippen MR) is 84.0 cm³/mol. The average molecular weight is 291 g/mol. The molecule has 0 unspecified atom stereocenters. The first-order valence-corrected chi connectivity index (χ1v) is 7.54. The Balaban J connectivity index is 2.27. The van der Waals surface area contributed by atoms with E-state index in [0.717, 1.165) is 32.2 Å². The van der Waals surface area contributed by atoms with Crippen LogP contribution < -0.4 is 16.8 Å². The van der Waals surface area contributed by atoms with Crippen molar-refractivity contribution in [1.82, 2.24) is 5.32 Å². The van der Waals surface area contributed by atoms with Gasteiger partial charge < -0.3 is 16.8 Å². The number of unbranched alkanes of at least 4 members (excludes halogenated alkanes) is 5. The van der Waals surface area contributed by atoms with Crippen LogP contribution in [0.1, 0.15) is 59.2 Å². The number of hydrogen-bond acceptors (Lipinski definition) is 3. The molecule has 0 heterocycles. The summed E-state index contributed by atoms with van der Waals surface area (Å²) in [7, 11) is 0. The Morgan fingerprint density at radius 2 is 1.48 bits per heavy atom. The maximum atomic E-state index is 12.0. The van der Waals surface area contributed by atoms with E-state index in [4.69, 9.17) is 11.5 Å². The Morgan fingerprint density at radius 3 is 2.10 bits per heavy atom. The second-order valence-electron chi connectivity index (χ2n) is 5.08. The topological polar surface area (TPSA) is 98.2 Å². The zero-order valence-electron chi connectivity index (χ0n) is 12.4. The lowest BCUT2D eigenvalue weighted by Crippen LogP contribution is -2.27.